The van der Waals surface area contributed by atoms with E-state index in [-0.39, 0.29) is 23.9 Å². The Balaban J connectivity index is 1.56. The summed E-state index contributed by atoms with van der Waals surface area (Å²) in [7, 11) is 0. The molecule has 4 aromatic rings. The maximum Gasteiger partial charge on any atom is 0.268 e. The molecule has 146 valence electrons. The number of hydrogen-bond acceptors (Lipinski definition) is 5. The number of benzene rings is 1. The van der Waals surface area contributed by atoms with E-state index in [2.05, 4.69) is 15.5 Å². The zero-order chi connectivity index (χ0) is 20.4. The van der Waals surface area contributed by atoms with E-state index in [1.807, 2.05) is 0 Å². The van der Waals surface area contributed by atoms with Crippen LogP contribution in [0.5, 0.6) is 0 Å². The van der Waals surface area contributed by atoms with Crippen molar-refractivity contribution in [2.75, 3.05) is 0 Å². The van der Waals surface area contributed by atoms with Gasteiger partial charge in [0, 0.05) is 22.3 Å². The summed E-state index contributed by atoms with van der Waals surface area (Å²) < 4.78 is 10.4. The number of nitrogens with one attached hydrogen (secondary N) is 2. The van der Waals surface area contributed by atoms with Crippen molar-refractivity contribution in [2.45, 2.75) is 13.5 Å². The summed E-state index contributed by atoms with van der Waals surface area (Å²) in [6.07, 6.45) is 3.02. The van der Waals surface area contributed by atoms with Crippen molar-refractivity contribution in [2.24, 2.45) is 0 Å². The molecule has 0 spiro atoms. The number of aromatic amines is 1. The van der Waals surface area contributed by atoms with Crippen molar-refractivity contribution in [3.63, 3.8) is 0 Å². The van der Waals surface area contributed by atoms with Crippen molar-refractivity contribution in [3.05, 3.63) is 88.3 Å². The lowest BCUT2D eigenvalue weighted by molar-refractivity contribution is 0.0943. The molecule has 3 aromatic heterocycles. The number of carbonyl (C=O) groups excluding carboxylic acids is 2. The van der Waals surface area contributed by atoms with Gasteiger partial charge < -0.3 is 19.2 Å². The minimum Gasteiger partial charge on any atom is -0.467 e. The molecular weight excluding hydrogens is 394 g/mol. The summed E-state index contributed by atoms with van der Waals surface area (Å²) in [6.45, 7) is 1.92. The predicted molar refractivity (Wildman–Crippen MR) is 106 cm³/mol. The maximum absolute atomic E-state index is 13.1. The van der Waals surface area contributed by atoms with Crippen molar-refractivity contribution in [1.82, 2.24) is 15.5 Å². The highest BCUT2D eigenvalue weighted by Gasteiger charge is 2.24. The topological polar surface area (TPSA) is 101 Å². The fraction of sp³-hybridized carbons (Fsp3) is 0.0952. The summed E-state index contributed by atoms with van der Waals surface area (Å²) in [5, 5.41) is 7.33. The number of rotatable bonds is 6. The Bertz CT molecular complexity index is 1160. The van der Waals surface area contributed by atoms with Crippen LogP contribution in [-0.2, 0) is 6.54 Å². The van der Waals surface area contributed by atoms with Crippen LogP contribution in [0.15, 0.2) is 63.9 Å². The summed E-state index contributed by atoms with van der Waals surface area (Å²) in [5.74, 6) is 0.384. The third-order valence-electron chi connectivity index (χ3n) is 4.40. The van der Waals surface area contributed by atoms with Crippen LogP contribution in [0.3, 0.4) is 0 Å². The molecule has 0 unspecified atom stereocenters. The van der Waals surface area contributed by atoms with Gasteiger partial charge in [-0.3, -0.25) is 9.59 Å². The van der Waals surface area contributed by atoms with Crippen LogP contribution in [-0.4, -0.2) is 21.8 Å². The number of H-pyrrole nitrogens is 1. The standard InChI is InChI=1S/C21H16ClN3O4/c1-12-18(19(25-29-12)13-4-6-15(22)7-5-13)20(26)14-9-17(23-10-14)21(27)24-11-16-3-2-8-28-16/h2-10,23H,11H2,1H3,(H,24,27). The molecular formula is C21H16ClN3O4. The van der Waals surface area contributed by atoms with Crippen molar-refractivity contribution < 1.29 is 18.5 Å². The highest BCUT2D eigenvalue weighted by molar-refractivity contribution is 6.30. The number of carbonyl (C=O) groups is 2. The lowest BCUT2D eigenvalue weighted by atomic mass is 9.99. The maximum atomic E-state index is 13.1. The summed E-state index contributed by atoms with van der Waals surface area (Å²) in [6, 6.07) is 12.0. The number of nitrogens with zero attached hydrogens (tertiary/aromatic N) is 1. The van der Waals surface area contributed by atoms with E-state index in [1.54, 1.807) is 43.3 Å². The Morgan fingerprint density at radius 3 is 2.72 bits per heavy atom. The third kappa shape index (κ3) is 3.86. The van der Waals surface area contributed by atoms with E-state index in [0.29, 0.717) is 38.9 Å². The van der Waals surface area contributed by atoms with Crippen LogP contribution < -0.4 is 5.32 Å². The molecule has 0 atom stereocenters. The molecule has 0 fully saturated rings. The van der Waals surface area contributed by atoms with Gasteiger partial charge in [0.1, 0.15) is 22.9 Å². The molecule has 0 aliphatic rings. The van der Waals surface area contributed by atoms with Gasteiger partial charge >= 0.3 is 0 Å². The number of amides is 1. The zero-order valence-corrected chi connectivity index (χ0v) is 16.1. The molecule has 8 heteroatoms. The van der Waals surface area contributed by atoms with Gasteiger partial charge in [0.05, 0.1) is 18.4 Å². The van der Waals surface area contributed by atoms with Gasteiger partial charge in [-0.25, -0.2) is 0 Å². The van der Waals surface area contributed by atoms with E-state index in [1.165, 1.54) is 18.5 Å². The highest BCUT2D eigenvalue weighted by Crippen LogP contribution is 2.28. The van der Waals surface area contributed by atoms with Gasteiger partial charge in [-0.15, -0.1) is 0 Å². The van der Waals surface area contributed by atoms with E-state index in [9.17, 15) is 9.59 Å². The molecule has 0 aliphatic heterocycles. The van der Waals surface area contributed by atoms with E-state index >= 15 is 0 Å². The Kier molecular flexibility index (Phi) is 5.05. The van der Waals surface area contributed by atoms with Gasteiger partial charge in [-0.05, 0) is 37.3 Å². The smallest absolute Gasteiger partial charge is 0.268 e. The van der Waals surface area contributed by atoms with Gasteiger partial charge in [-0.1, -0.05) is 28.9 Å². The summed E-state index contributed by atoms with van der Waals surface area (Å²) in [5.41, 5.74) is 2.07. The monoisotopic (exact) mass is 409 g/mol. The average Bonchev–Trinajstić information content (AvgIpc) is 3.47. The summed E-state index contributed by atoms with van der Waals surface area (Å²) >= 11 is 5.93. The number of aryl methyl sites for hydroxylation is 1. The van der Waals surface area contributed by atoms with Crippen molar-refractivity contribution in [3.8, 4) is 11.3 Å². The largest absolute Gasteiger partial charge is 0.467 e. The fourth-order valence-electron chi connectivity index (χ4n) is 2.92. The fourth-order valence-corrected chi connectivity index (χ4v) is 3.05. The summed E-state index contributed by atoms with van der Waals surface area (Å²) in [4.78, 5) is 28.2. The molecule has 0 radical (unpaired) electrons. The van der Waals surface area contributed by atoms with Crippen LogP contribution in [0.4, 0.5) is 0 Å². The highest BCUT2D eigenvalue weighted by atomic mass is 35.5. The quantitative estimate of drug-likeness (QED) is 0.460. The molecule has 0 saturated heterocycles. The van der Waals surface area contributed by atoms with Crippen molar-refractivity contribution in [1.29, 1.82) is 0 Å². The molecule has 3 heterocycles. The Morgan fingerprint density at radius 2 is 2.00 bits per heavy atom. The van der Waals surface area contributed by atoms with E-state index < -0.39 is 0 Å². The third-order valence-corrected chi connectivity index (χ3v) is 4.65. The molecule has 0 bridgehead atoms. The number of hydrogen-bond donors (Lipinski definition) is 2. The lowest BCUT2D eigenvalue weighted by Gasteiger charge is -2.02. The second kappa shape index (κ2) is 7.81. The molecule has 29 heavy (non-hydrogen) atoms. The van der Waals surface area contributed by atoms with Gasteiger partial charge in [-0.2, -0.15) is 0 Å². The van der Waals surface area contributed by atoms with Crippen molar-refractivity contribution >= 4 is 23.3 Å². The molecule has 0 aliphatic carbocycles. The Hall–Kier alpha value is -3.58. The second-order valence-corrected chi connectivity index (χ2v) is 6.80. The normalized spacial score (nSPS) is 10.8. The van der Waals surface area contributed by atoms with Crippen LogP contribution in [0.2, 0.25) is 5.02 Å². The zero-order valence-electron chi connectivity index (χ0n) is 15.4. The van der Waals surface area contributed by atoms with E-state index in [4.69, 9.17) is 20.5 Å². The minimum absolute atomic E-state index is 0.250. The SMILES string of the molecule is Cc1onc(-c2ccc(Cl)cc2)c1C(=O)c1c[nH]c(C(=O)NCc2ccco2)c1. The Morgan fingerprint density at radius 1 is 1.21 bits per heavy atom. The first-order valence-corrected chi connectivity index (χ1v) is 9.16. The predicted octanol–water partition coefficient (Wildman–Crippen LogP) is 4.39. The number of aromatic nitrogens is 2. The van der Waals surface area contributed by atoms with E-state index in [0.717, 1.165) is 0 Å². The molecule has 4 rings (SSSR count). The number of furan rings is 1. The number of halogens is 1. The first-order chi connectivity index (χ1) is 14.0. The van der Waals surface area contributed by atoms with Gasteiger partial charge in [0.15, 0.2) is 5.78 Å². The first kappa shape index (κ1) is 18.8. The molecule has 1 amide bonds. The second-order valence-electron chi connectivity index (χ2n) is 6.36. The minimum atomic E-state index is -0.347. The number of ketones is 1. The van der Waals surface area contributed by atoms with Gasteiger partial charge in [0.25, 0.3) is 5.91 Å². The molecule has 0 saturated carbocycles. The Labute approximate surface area is 170 Å². The lowest BCUT2D eigenvalue weighted by Crippen LogP contribution is -2.22. The molecule has 7 nitrogen and oxygen atoms in total. The molecule has 1 aromatic carbocycles. The van der Waals surface area contributed by atoms with Crippen LogP contribution in [0, 0.1) is 6.92 Å². The first-order valence-electron chi connectivity index (χ1n) is 8.79. The van der Waals surface area contributed by atoms with Gasteiger partial charge in [0.2, 0.25) is 0 Å². The van der Waals surface area contributed by atoms with Crippen LogP contribution in [0.25, 0.3) is 11.3 Å². The average molecular weight is 410 g/mol. The van der Waals surface area contributed by atoms with Crippen LogP contribution in [0.1, 0.15) is 37.9 Å². The molecule has 2 N–H and O–H groups in total. The van der Waals surface area contributed by atoms with Crippen LogP contribution >= 0.6 is 11.6 Å².